The Labute approximate surface area is 150 Å². The number of nitrogens with zero attached hydrogens (tertiary/aromatic N) is 1. The molecule has 0 atom stereocenters. The first-order chi connectivity index (χ1) is 12.8. The second-order valence-corrected chi connectivity index (χ2v) is 5.86. The van der Waals surface area contributed by atoms with Gasteiger partial charge >= 0.3 is 0 Å². The van der Waals surface area contributed by atoms with Crippen LogP contribution < -0.4 is 10.1 Å². The zero-order valence-electron chi connectivity index (χ0n) is 14.0. The van der Waals surface area contributed by atoms with Crippen molar-refractivity contribution in [3.63, 3.8) is 0 Å². The molecule has 0 aliphatic heterocycles. The number of rotatable bonds is 5. The van der Waals surface area contributed by atoms with Gasteiger partial charge < -0.3 is 10.1 Å². The first kappa shape index (κ1) is 15.9. The van der Waals surface area contributed by atoms with E-state index in [0.29, 0.717) is 23.7 Å². The second-order valence-electron chi connectivity index (χ2n) is 5.86. The van der Waals surface area contributed by atoms with E-state index in [0.717, 1.165) is 21.7 Å². The van der Waals surface area contributed by atoms with Crippen molar-refractivity contribution in [2.75, 3.05) is 11.9 Å². The van der Waals surface area contributed by atoms with Crippen molar-refractivity contribution < 1.29 is 9.53 Å². The normalized spacial score (nSPS) is 10.8. The molecule has 0 spiro atoms. The Morgan fingerprint density at radius 3 is 2.85 bits per heavy atom. The molecule has 1 aromatic heterocycles. The molecule has 3 aromatic carbocycles. The molecule has 26 heavy (non-hydrogen) atoms. The highest BCUT2D eigenvalue weighted by atomic mass is 16.5. The van der Waals surface area contributed by atoms with E-state index >= 15 is 0 Å². The van der Waals surface area contributed by atoms with E-state index in [2.05, 4.69) is 22.1 Å². The maximum Gasteiger partial charge on any atom is 0.257 e. The Hall–Kier alpha value is -3.60. The summed E-state index contributed by atoms with van der Waals surface area (Å²) in [5.41, 5.74) is 1.43. The molecule has 0 fully saturated rings. The van der Waals surface area contributed by atoms with Crippen LogP contribution in [0, 0.1) is 0 Å². The minimum atomic E-state index is -0.201. The molecule has 0 bridgehead atoms. The van der Waals surface area contributed by atoms with Gasteiger partial charge in [0.15, 0.2) is 5.82 Å². The van der Waals surface area contributed by atoms with E-state index in [1.54, 1.807) is 6.08 Å². The molecule has 2 N–H and O–H groups in total. The maximum atomic E-state index is 12.8. The number of H-pyrrole nitrogens is 1. The molecule has 0 saturated heterocycles. The van der Waals surface area contributed by atoms with Gasteiger partial charge in [0.2, 0.25) is 0 Å². The number of aromatic amines is 1. The van der Waals surface area contributed by atoms with Gasteiger partial charge in [-0.3, -0.25) is 9.89 Å². The third kappa shape index (κ3) is 2.91. The Bertz CT molecular complexity index is 1110. The molecule has 4 rings (SSSR count). The van der Waals surface area contributed by atoms with Crippen molar-refractivity contribution in [1.29, 1.82) is 0 Å². The topological polar surface area (TPSA) is 67.0 Å². The van der Waals surface area contributed by atoms with Gasteiger partial charge in [0, 0.05) is 10.9 Å². The molecular formula is C21H17N3O2. The van der Waals surface area contributed by atoms with Crippen LogP contribution in [0.25, 0.3) is 21.7 Å². The van der Waals surface area contributed by atoms with Crippen molar-refractivity contribution in [2.24, 2.45) is 0 Å². The summed E-state index contributed by atoms with van der Waals surface area (Å²) in [6, 6.07) is 19.0. The number of aromatic nitrogens is 2. The van der Waals surface area contributed by atoms with Gasteiger partial charge in [-0.15, -0.1) is 0 Å². The van der Waals surface area contributed by atoms with Crippen LogP contribution in [0.1, 0.15) is 10.4 Å². The van der Waals surface area contributed by atoms with Crippen LogP contribution in [0.3, 0.4) is 0 Å². The van der Waals surface area contributed by atoms with E-state index in [4.69, 9.17) is 4.74 Å². The minimum Gasteiger partial charge on any atom is -0.490 e. The fraction of sp³-hybridized carbons (Fsp3) is 0.0476. The Balaban J connectivity index is 1.68. The predicted molar refractivity (Wildman–Crippen MR) is 104 cm³/mol. The Kier molecular flexibility index (Phi) is 4.11. The van der Waals surface area contributed by atoms with Crippen LogP contribution in [0.2, 0.25) is 0 Å². The summed E-state index contributed by atoms with van der Waals surface area (Å²) in [6.07, 6.45) is 1.68. The minimum absolute atomic E-state index is 0.201. The molecule has 0 aliphatic rings. The van der Waals surface area contributed by atoms with Gasteiger partial charge in [-0.2, -0.15) is 5.10 Å². The van der Waals surface area contributed by atoms with E-state index in [1.165, 1.54) is 0 Å². The lowest BCUT2D eigenvalue weighted by atomic mass is 10.0. The number of anilines is 1. The van der Waals surface area contributed by atoms with Crippen molar-refractivity contribution in [3.05, 3.63) is 78.9 Å². The Morgan fingerprint density at radius 1 is 1.12 bits per heavy atom. The predicted octanol–water partition coefficient (Wildman–Crippen LogP) is 4.53. The average Bonchev–Trinajstić information content (AvgIpc) is 3.08. The molecule has 0 unspecified atom stereocenters. The lowest BCUT2D eigenvalue weighted by Crippen LogP contribution is -2.12. The van der Waals surface area contributed by atoms with E-state index in [9.17, 15) is 4.79 Å². The average molecular weight is 343 g/mol. The maximum absolute atomic E-state index is 12.8. The first-order valence-corrected chi connectivity index (χ1v) is 8.27. The molecule has 1 amide bonds. The molecule has 1 heterocycles. The number of benzene rings is 3. The summed E-state index contributed by atoms with van der Waals surface area (Å²) in [6.45, 7) is 4.06. The summed E-state index contributed by atoms with van der Waals surface area (Å²) in [5.74, 6) is 0.967. The zero-order chi connectivity index (χ0) is 17.9. The van der Waals surface area contributed by atoms with Gasteiger partial charge in [0.1, 0.15) is 12.4 Å². The third-order valence-corrected chi connectivity index (χ3v) is 4.17. The lowest BCUT2D eigenvalue weighted by Gasteiger charge is -2.07. The van der Waals surface area contributed by atoms with Gasteiger partial charge in [0.05, 0.1) is 5.52 Å². The first-order valence-electron chi connectivity index (χ1n) is 8.27. The summed E-state index contributed by atoms with van der Waals surface area (Å²) < 4.78 is 5.56. The molecule has 5 heteroatoms. The molecule has 0 aliphatic carbocycles. The quantitative estimate of drug-likeness (QED) is 0.523. The van der Waals surface area contributed by atoms with Crippen LogP contribution >= 0.6 is 0 Å². The number of ether oxygens (including phenoxy) is 1. The number of hydrogen-bond acceptors (Lipinski definition) is 3. The van der Waals surface area contributed by atoms with Crippen LogP contribution in [0.4, 0.5) is 5.82 Å². The number of amides is 1. The molecule has 0 saturated carbocycles. The van der Waals surface area contributed by atoms with Crippen LogP contribution in [-0.4, -0.2) is 22.7 Å². The monoisotopic (exact) mass is 343 g/mol. The molecular weight excluding hydrogens is 326 g/mol. The summed E-state index contributed by atoms with van der Waals surface area (Å²) in [4.78, 5) is 12.8. The van der Waals surface area contributed by atoms with Crippen LogP contribution in [0.5, 0.6) is 5.75 Å². The van der Waals surface area contributed by atoms with Gasteiger partial charge in [-0.1, -0.05) is 49.1 Å². The van der Waals surface area contributed by atoms with Crippen molar-refractivity contribution in [2.45, 2.75) is 0 Å². The SMILES string of the molecule is C=CCOc1ccc2[nH]nc(NC(=O)c3cccc4ccccc34)c2c1. The van der Waals surface area contributed by atoms with Crippen LogP contribution in [0.15, 0.2) is 73.3 Å². The largest absolute Gasteiger partial charge is 0.490 e. The highest BCUT2D eigenvalue weighted by Gasteiger charge is 2.14. The van der Waals surface area contributed by atoms with Crippen molar-refractivity contribution in [3.8, 4) is 5.75 Å². The smallest absolute Gasteiger partial charge is 0.257 e. The zero-order valence-corrected chi connectivity index (χ0v) is 14.0. The molecule has 5 nitrogen and oxygen atoms in total. The number of carbonyl (C=O) groups excluding carboxylic acids is 1. The molecule has 0 radical (unpaired) electrons. The number of hydrogen-bond donors (Lipinski definition) is 2. The summed E-state index contributed by atoms with van der Waals surface area (Å²) in [5, 5.41) is 12.8. The van der Waals surface area contributed by atoms with E-state index in [1.807, 2.05) is 60.7 Å². The fourth-order valence-corrected chi connectivity index (χ4v) is 2.93. The number of carbonyl (C=O) groups is 1. The number of nitrogens with one attached hydrogen (secondary N) is 2. The Morgan fingerprint density at radius 2 is 1.96 bits per heavy atom. The standard InChI is InChI=1S/C21H17N3O2/c1-2-12-26-15-10-11-19-18(13-15)20(24-23-19)22-21(25)17-9-5-7-14-6-3-4-8-16(14)17/h2-11,13H,1,12H2,(H2,22,23,24,25). The summed E-state index contributed by atoms with van der Waals surface area (Å²) in [7, 11) is 0. The highest BCUT2D eigenvalue weighted by Crippen LogP contribution is 2.26. The van der Waals surface area contributed by atoms with E-state index in [-0.39, 0.29) is 5.91 Å². The second kappa shape index (κ2) is 6.72. The highest BCUT2D eigenvalue weighted by molar-refractivity contribution is 6.14. The fourth-order valence-electron chi connectivity index (χ4n) is 2.93. The van der Waals surface area contributed by atoms with E-state index < -0.39 is 0 Å². The van der Waals surface area contributed by atoms with Crippen LogP contribution in [-0.2, 0) is 0 Å². The van der Waals surface area contributed by atoms with Crippen molar-refractivity contribution in [1.82, 2.24) is 10.2 Å². The lowest BCUT2D eigenvalue weighted by molar-refractivity contribution is 0.102. The van der Waals surface area contributed by atoms with Crippen molar-refractivity contribution >= 4 is 33.4 Å². The molecule has 128 valence electrons. The van der Waals surface area contributed by atoms with Gasteiger partial charge in [-0.25, -0.2) is 0 Å². The van der Waals surface area contributed by atoms with Gasteiger partial charge in [0.25, 0.3) is 5.91 Å². The molecule has 4 aromatic rings. The summed E-state index contributed by atoms with van der Waals surface area (Å²) >= 11 is 0. The van der Waals surface area contributed by atoms with Gasteiger partial charge in [-0.05, 0) is 35.0 Å². The third-order valence-electron chi connectivity index (χ3n) is 4.17. The number of fused-ring (bicyclic) bond motifs is 2.